The van der Waals surface area contributed by atoms with E-state index in [2.05, 4.69) is 18.7 Å². The van der Waals surface area contributed by atoms with Crippen molar-refractivity contribution in [1.82, 2.24) is 0 Å². The number of ketones is 1. The van der Waals surface area contributed by atoms with Crippen molar-refractivity contribution >= 4 is 35.0 Å². The SMILES string of the molecule is CCN(CC)c1ccc2c(C)c(-c3ccc(C(C)=O)c(B(O)O)c3)c(=O)oc2c1. The summed E-state index contributed by atoms with van der Waals surface area (Å²) in [6.07, 6.45) is 0. The first-order valence-electron chi connectivity index (χ1n) is 9.62. The van der Waals surface area contributed by atoms with Gasteiger partial charge < -0.3 is 19.4 Å². The molecule has 3 rings (SSSR count). The van der Waals surface area contributed by atoms with Crippen LogP contribution in [0, 0.1) is 6.92 Å². The van der Waals surface area contributed by atoms with Crippen LogP contribution in [0.25, 0.3) is 22.1 Å². The molecule has 0 fully saturated rings. The highest BCUT2D eigenvalue weighted by Crippen LogP contribution is 2.29. The average Bonchev–Trinajstić information content (AvgIpc) is 2.68. The number of carbonyl (C=O) groups is 1. The first-order chi connectivity index (χ1) is 13.8. The molecule has 0 unspecified atom stereocenters. The van der Waals surface area contributed by atoms with Gasteiger partial charge in [0.2, 0.25) is 0 Å². The number of aryl methyl sites for hydroxylation is 1. The quantitative estimate of drug-likeness (QED) is 0.380. The van der Waals surface area contributed by atoms with E-state index in [1.54, 1.807) is 6.07 Å². The fourth-order valence-corrected chi connectivity index (χ4v) is 3.72. The molecule has 0 radical (unpaired) electrons. The number of carbonyl (C=O) groups excluding carboxylic acids is 1. The summed E-state index contributed by atoms with van der Waals surface area (Å²) in [5.74, 6) is -0.286. The van der Waals surface area contributed by atoms with Gasteiger partial charge in [-0.05, 0) is 56.4 Å². The molecule has 0 aliphatic rings. The van der Waals surface area contributed by atoms with Crippen molar-refractivity contribution in [2.24, 2.45) is 0 Å². The van der Waals surface area contributed by atoms with Crippen molar-refractivity contribution in [2.75, 3.05) is 18.0 Å². The minimum atomic E-state index is -1.82. The van der Waals surface area contributed by atoms with Crippen molar-refractivity contribution in [3.8, 4) is 11.1 Å². The molecule has 0 spiro atoms. The highest BCUT2D eigenvalue weighted by Gasteiger charge is 2.22. The van der Waals surface area contributed by atoms with Crippen molar-refractivity contribution < 1.29 is 19.3 Å². The molecule has 0 aliphatic heterocycles. The Morgan fingerprint density at radius 1 is 1.10 bits per heavy atom. The number of rotatable bonds is 6. The Balaban J connectivity index is 2.21. The van der Waals surface area contributed by atoms with E-state index in [9.17, 15) is 19.6 Å². The molecule has 0 aliphatic carbocycles. The van der Waals surface area contributed by atoms with E-state index >= 15 is 0 Å². The Labute approximate surface area is 169 Å². The van der Waals surface area contributed by atoms with Crippen LogP contribution in [0.5, 0.6) is 0 Å². The molecule has 0 saturated heterocycles. The Kier molecular flexibility index (Phi) is 5.91. The smallest absolute Gasteiger partial charge is 0.423 e. The second kappa shape index (κ2) is 8.23. The van der Waals surface area contributed by atoms with Crippen LogP contribution >= 0.6 is 0 Å². The zero-order valence-electron chi connectivity index (χ0n) is 17.0. The molecular formula is C22H24BNO5. The van der Waals surface area contributed by atoms with E-state index < -0.39 is 12.7 Å². The van der Waals surface area contributed by atoms with Crippen LogP contribution in [0.1, 0.15) is 36.7 Å². The van der Waals surface area contributed by atoms with Gasteiger partial charge in [-0.15, -0.1) is 0 Å². The maximum Gasteiger partial charge on any atom is 0.489 e. The molecule has 1 aromatic heterocycles. The lowest BCUT2D eigenvalue weighted by Gasteiger charge is -2.21. The number of fused-ring (bicyclic) bond motifs is 1. The van der Waals surface area contributed by atoms with Crippen molar-refractivity contribution in [3.63, 3.8) is 0 Å². The van der Waals surface area contributed by atoms with Gasteiger partial charge in [0.05, 0.1) is 5.56 Å². The molecular weight excluding hydrogens is 369 g/mol. The van der Waals surface area contributed by atoms with Gasteiger partial charge in [-0.25, -0.2) is 4.79 Å². The van der Waals surface area contributed by atoms with Gasteiger partial charge in [-0.3, -0.25) is 4.79 Å². The standard InChI is InChI=1S/C22H24BNO5/c1-5-24(6-2)16-8-10-17-13(3)21(22(26)29-20(17)12-16)15-7-9-18(14(4)25)19(11-15)23(27)28/h7-12,27-28H,5-6H2,1-4H3. The lowest BCUT2D eigenvalue weighted by molar-refractivity contribution is 0.101. The van der Waals surface area contributed by atoms with Crippen LogP contribution in [-0.4, -0.2) is 36.0 Å². The van der Waals surface area contributed by atoms with E-state index in [-0.39, 0.29) is 16.8 Å². The summed E-state index contributed by atoms with van der Waals surface area (Å²) in [6.45, 7) is 9.01. The first-order valence-corrected chi connectivity index (χ1v) is 9.62. The van der Waals surface area contributed by atoms with Gasteiger partial charge >= 0.3 is 12.7 Å². The van der Waals surface area contributed by atoms with Gasteiger partial charge in [-0.1, -0.05) is 18.2 Å². The highest BCUT2D eigenvalue weighted by molar-refractivity contribution is 6.60. The Morgan fingerprint density at radius 2 is 1.79 bits per heavy atom. The van der Waals surface area contributed by atoms with Crippen LogP contribution in [-0.2, 0) is 0 Å². The normalized spacial score (nSPS) is 11.0. The fraction of sp³-hybridized carbons (Fsp3) is 0.273. The second-order valence-corrected chi connectivity index (χ2v) is 6.97. The molecule has 0 saturated carbocycles. The Bertz CT molecular complexity index is 1130. The Hall–Kier alpha value is -2.90. The summed E-state index contributed by atoms with van der Waals surface area (Å²) in [5, 5.41) is 20.1. The van der Waals surface area contributed by atoms with Crippen molar-refractivity contribution in [3.05, 3.63) is 57.9 Å². The zero-order valence-corrected chi connectivity index (χ0v) is 17.0. The lowest BCUT2D eigenvalue weighted by Crippen LogP contribution is -2.34. The van der Waals surface area contributed by atoms with E-state index in [0.717, 1.165) is 29.7 Å². The van der Waals surface area contributed by atoms with E-state index in [1.807, 2.05) is 25.1 Å². The van der Waals surface area contributed by atoms with Crippen LogP contribution in [0.3, 0.4) is 0 Å². The van der Waals surface area contributed by atoms with E-state index in [0.29, 0.717) is 16.7 Å². The molecule has 7 heteroatoms. The topological polar surface area (TPSA) is 91.0 Å². The molecule has 2 N–H and O–H groups in total. The molecule has 1 heterocycles. The van der Waals surface area contributed by atoms with Crippen molar-refractivity contribution in [1.29, 1.82) is 0 Å². The largest absolute Gasteiger partial charge is 0.489 e. The predicted octanol–water partition coefficient (Wildman–Crippen LogP) is 2.50. The Morgan fingerprint density at radius 3 is 2.38 bits per heavy atom. The third-order valence-electron chi connectivity index (χ3n) is 5.28. The van der Waals surface area contributed by atoms with E-state index in [4.69, 9.17) is 4.42 Å². The van der Waals surface area contributed by atoms with Gasteiger partial charge in [-0.2, -0.15) is 0 Å². The minimum absolute atomic E-state index is 0.0609. The van der Waals surface area contributed by atoms with Crippen LogP contribution in [0.15, 0.2) is 45.6 Å². The monoisotopic (exact) mass is 393 g/mol. The highest BCUT2D eigenvalue weighted by atomic mass is 16.4. The molecule has 29 heavy (non-hydrogen) atoms. The van der Waals surface area contributed by atoms with Crippen LogP contribution in [0.4, 0.5) is 5.69 Å². The molecule has 0 atom stereocenters. The van der Waals surface area contributed by atoms with E-state index in [1.165, 1.54) is 19.1 Å². The molecule has 2 aromatic carbocycles. The summed E-state index contributed by atoms with van der Waals surface area (Å²) in [6, 6.07) is 10.4. The number of hydrogen-bond donors (Lipinski definition) is 2. The van der Waals surface area contributed by atoms with Gasteiger partial charge in [0.25, 0.3) is 0 Å². The molecule has 0 bridgehead atoms. The average molecular weight is 393 g/mol. The number of Topliss-reactive ketones (excluding diaryl/α,β-unsaturated/α-hetero) is 1. The summed E-state index contributed by atoms with van der Waals surface area (Å²) in [4.78, 5) is 26.7. The molecule has 0 amide bonds. The van der Waals surface area contributed by atoms with Crippen molar-refractivity contribution in [2.45, 2.75) is 27.7 Å². The fourth-order valence-electron chi connectivity index (χ4n) is 3.72. The third kappa shape index (κ3) is 3.84. The summed E-state index contributed by atoms with van der Waals surface area (Å²) < 4.78 is 5.61. The molecule has 6 nitrogen and oxygen atoms in total. The lowest BCUT2D eigenvalue weighted by atomic mass is 9.75. The van der Waals surface area contributed by atoms with Gasteiger partial charge in [0.1, 0.15) is 5.58 Å². The molecule has 150 valence electrons. The zero-order chi connectivity index (χ0) is 21.3. The second-order valence-electron chi connectivity index (χ2n) is 6.97. The number of benzene rings is 2. The number of hydrogen-bond acceptors (Lipinski definition) is 6. The summed E-state index contributed by atoms with van der Waals surface area (Å²) in [5.41, 5.74) is 2.78. The third-order valence-corrected chi connectivity index (χ3v) is 5.28. The van der Waals surface area contributed by atoms with Crippen LogP contribution in [0.2, 0.25) is 0 Å². The van der Waals surface area contributed by atoms with Gasteiger partial charge in [0, 0.05) is 35.8 Å². The van der Waals surface area contributed by atoms with Crippen LogP contribution < -0.4 is 16.0 Å². The summed E-state index contributed by atoms with van der Waals surface area (Å²) in [7, 11) is -1.82. The maximum absolute atomic E-state index is 12.8. The molecule has 3 aromatic rings. The maximum atomic E-state index is 12.8. The van der Waals surface area contributed by atoms with Gasteiger partial charge in [0.15, 0.2) is 5.78 Å². The predicted molar refractivity (Wildman–Crippen MR) is 116 cm³/mol. The number of anilines is 1. The first kappa shape index (κ1) is 20.8. The summed E-state index contributed by atoms with van der Waals surface area (Å²) >= 11 is 0. The minimum Gasteiger partial charge on any atom is -0.423 e. The number of nitrogens with zero attached hydrogens (tertiary/aromatic N) is 1.